The Morgan fingerprint density at radius 2 is 2.02 bits per heavy atom. The van der Waals surface area contributed by atoms with Gasteiger partial charge in [-0.25, -0.2) is 9.78 Å². The van der Waals surface area contributed by atoms with Crippen molar-refractivity contribution in [2.24, 2.45) is 0 Å². The minimum atomic E-state index is -0.531. The molecule has 1 amide bonds. The number of hydrogen-bond acceptors (Lipinski definition) is 10. The van der Waals surface area contributed by atoms with Gasteiger partial charge in [0.05, 0.1) is 29.6 Å². The molecule has 40 heavy (non-hydrogen) atoms. The van der Waals surface area contributed by atoms with Crippen LogP contribution < -0.4 is 25.6 Å². The Balaban J connectivity index is 1.43. The Hall–Kier alpha value is -4.89. The van der Waals surface area contributed by atoms with Gasteiger partial charge < -0.3 is 24.1 Å². The number of nitriles is 1. The van der Waals surface area contributed by atoms with E-state index in [0.717, 1.165) is 12.8 Å². The summed E-state index contributed by atoms with van der Waals surface area (Å²) in [7, 11) is 0. The summed E-state index contributed by atoms with van der Waals surface area (Å²) in [4.78, 5) is 41.1. The topological polar surface area (TPSA) is 150 Å². The molecule has 0 radical (unpaired) electrons. The summed E-state index contributed by atoms with van der Waals surface area (Å²) in [5, 5.41) is 12.9. The maximum absolute atomic E-state index is 13.9. The second kappa shape index (κ2) is 10.3. The second-order valence-electron chi connectivity index (χ2n) is 9.58. The molecule has 4 heterocycles. The number of hydrogen-bond donors (Lipinski definition) is 2. The maximum Gasteiger partial charge on any atom is 0.417 e. The number of carbonyl (C=O) groups excluding carboxylic acids is 1. The van der Waals surface area contributed by atoms with Gasteiger partial charge in [0, 0.05) is 31.0 Å². The van der Waals surface area contributed by atoms with Gasteiger partial charge in [0.25, 0.3) is 5.91 Å². The van der Waals surface area contributed by atoms with Crippen LogP contribution in [0.25, 0.3) is 11.1 Å². The fourth-order valence-electron chi connectivity index (χ4n) is 5.28. The van der Waals surface area contributed by atoms with Crippen molar-refractivity contribution in [3.8, 4) is 11.8 Å². The second-order valence-corrected chi connectivity index (χ2v) is 9.58. The van der Waals surface area contributed by atoms with Crippen molar-refractivity contribution in [3.05, 3.63) is 58.7 Å². The summed E-state index contributed by atoms with van der Waals surface area (Å²) in [6.45, 7) is 5.34. The largest absolute Gasteiger partial charge is 0.492 e. The molecule has 2 aromatic heterocycles. The summed E-state index contributed by atoms with van der Waals surface area (Å²) in [5.41, 5.74) is 3.00. The number of benzene rings is 2. The highest BCUT2D eigenvalue weighted by molar-refractivity contribution is 6.10. The molecule has 2 aliphatic heterocycles. The number of anilines is 5. The van der Waals surface area contributed by atoms with Crippen LogP contribution in [0.3, 0.4) is 0 Å². The number of aromatic amines is 1. The average molecular weight is 542 g/mol. The molecule has 1 fully saturated rings. The predicted molar refractivity (Wildman–Crippen MR) is 147 cm³/mol. The third-order valence-corrected chi connectivity index (χ3v) is 7.13. The fraction of sp³-hybridized carbons (Fsp3) is 0.321. The summed E-state index contributed by atoms with van der Waals surface area (Å²) in [6.07, 6.45) is 3.13. The summed E-state index contributed by atoms with van der Waals surface area (Å²) < 4.78 is 16.3. The van der Waals surface area contributed by atoms with E-state index in [2.05, 4.69) is 26.3 Å². The molecule has 12 heteroatoms. The van der Waals surface area contributed by atoms with Gasteiger partial charge in [0.2, 0.25) is 5.95 Å². The molecule has 4 aromatic rings. The molecule has 2 aliphatic rings. The minimum absolute atomic E-state index is 0.0526. The maximum atomic E-state index is 13.9. The van der Waals surface area contributed by atoms with E-state index < -0.39 is 11.8 Å². The molecule has 6 rings (SSSR count). The Labute approximate surface area is 229 Å². The number of rotatable bonds is 6. The monoisotopic (exact) mass is 541 g/mol. The first kappa shape index (κ1) is 25.4. The standard InChI is InChI=1S/C28H27N7O5/c1-3-39-23-7-5-20(12-17(23)14-29)35-22-15-30-27(31-18-4-6-21-24(13-18)40-28(37)32-21)33-25(22)34(16(2)26(35)36)19-8-10-38-11-9-19/h4-7,12-13,15-16,19H,3,8-11H2,1-2H3,(H,32,37)(H,30,31,33)/t16-/m1/s1. The molecule has 0 aliphatic carbocycles. The molecular formula is C28H27N7O5. The van der Waals surface area contributed by atoms with E-state index in [0.29, 0.717) is 71.1 Å². The number of ether oxygens (including phenoxy) is 2. The van der Waals surface area contributed by atoms with E-state index >= 15 is 0 Å². The smallest absolute Gasteiger partial charge is 0.417 e. The van der Waals surface area contributed by atoms with Crippen molar-refractivity contribution in [2.75, 3.05) is 34.9 Å². The Kier molecular flexibility index (Phi) is 6.57. The molecule has 2 aromatic carbocycles. The third kappa shape index (κ3) is 4.50. The Morgan fingerprint density at radius 1 is 1.20 bits per heavy atom. The lowest BCUT2D eigenvalue weighted by Gasteiger charge is -2.45. The van der Waals surface area contributed by atoms with E-state index in [1.807, 2.05) is 13.8 Å². The molecule has 12 nitrogen and oxygen atoms in total. The van der Waals surface area contributed by atoms with Gasteiger partial charge in [-0.2, -0.15) is 10.2 Å². The zero-order chi connectivity index (χ0) is 27.8. The van der Waals surface area contributed by atoms with Gasteiger partial charge in [0.1, 0.15) is 23.5 Å². The van der Waals surface area contributed by atoms with Crippen LogP contribution in [0, 0.1) is 11.3 Å². The zero-order valence-corrected chi connectivity index (χ0v) is 22.0. The average Bonchev–Trinajstić information content (AvgIpc) is 3.34. The summed E-state index contributed by atoms with van der Waals surface area (Å²) >= 11 is 0. The lowest BCUT2D eigenvalue weighted by molar-refractivity contribution is -0.119. The van der Waals surface area contributed by atoms with Crippen molar-refractivity contribution < 1.29 is 18.7 Å². The number of nitrogens with one attached hydrogen (secondary N) is 2. The van der Waals surface area contributed by atoms with Crippen LogP contribution in [0.5, 0.6) is 5.75 Å². The Morgan fingerprint density at radius 3 is 2.80 bits per heavy atom. The summed E-state index contributed by atoms with van der Waals surface area (Å²) in [5.74, 6) is 0.694. The fourth-order valence-corrected chi connectivity index (χ4v) is 5.28. The number of oxazole rings is 1. The number of nitrogens with zero attached hydrogens (tertiary/aromatic N) is 5. The third-order valence-electron chi connectivity index (χ3n) is 7.13. The Bertz CT molecular complexity index is 1680. The van der Waals surface area contributed by atoms with Gasteiger partial charge >= 0.3 is 5.76 Å². The van der Waals surface area contributed by atoms with E-state index in [-0.39, 0.29) is 11.9 Å². The van der Waals surface area contributed by atoms with Gasteiger partial charge in [-0.05, 0) is 57.0 Å². The number of fused-ring (bicyclic) bond motifs is 2. The molecule has 0 saturated carbocycles. The lowest BCUT2D eigenvalue weighted by atomic mass is 10.0. The quantitative estimate of drug-likeness (QED) is 0.367. The number of aromatic nitrogens is 3. The van der Waals surface area contributed by atoms with Crippen molar-refractivity contribution in [2.45, 2.75) is 38.8 Å². The van der Waals surface area contributed by atoms with E-state index in [1.165, 1.54) is 0 Å². The minimum Gasteiger partial charge on any atom is -0.492 e. The first-order valence-corrected chi connectivity index (χ1v) is 13.1. The molecule has 0 spiro atoms. The van der Waals surface area contributed by atoms with Crippen LogP contribution in [0.15, 0.2) is 51.8 Å². The van der Waals surface area contributed by atoms with Crippen LogP contribution in [-0.4, -0.2) is 52.8 Å². The van der Waals surface area contributed by atoms with Crippen molar-refractivity contribution in [1.29, 1.82) is 5.26 Å². The molecule has 1 saturated heterocycles. The lowest BCUT2D eigenvalue weighted by Crippen LogP contribution is -2.56. The van der Waals surface area contributed by atoms with Gasteiger partial charge in [-0.1, -0.05) is 0 Å². The SMILES string of the molecule is CCOc1ccc(N2C(=O)[C@@H](C)N(C3CCOCC3)c3nc(Nc4ccc5[nH]c(=O)oc5c4)ncc32)cc1C#N. The van der Waals surface area contributed by atoms with Gasteiger partial charge in [-0.3, -0.25) is 14.7 Å². The van der Waals surface area contributed by atoms with Crippen molar-refractivity contribution in [3.63, 3.8) is 0 Å². The first-order chi connectivity index (χ1) is 19.5. The molecule has 0 unspecified atom stereocenters. The van der Waals surface area contributed by atoms with E-state index in [1.54, 1.807) is 47.5 Å². The molecule has 2 N–H and O–H groups in total. The summed E-state index contributed by atoms with van der Waals surface area (Å²) in [6, 6.07) is 12.0. The highest BCUT2D eigenvalue weighted by atomic mass is 16.5. The van der Waals surface area contributed by atoms with Crippen LogP contribution in [0.2, 0.25) is 0 Å². The normalized spacial score (nSPS) is 17.5. The van der Waals surface area contributed by atoms with Gasteiger partial charge in [-0.15, -0.1) is 0 Å². The first-order valence-electron chi connectivity index (χ1n) is 13.1. The molecule has 0 bridgehead atoms. The number of carbonyl (C=O) groups is 1. The van der Waals surface area contributed by atoms with Gasteiger partial charge in [0.15, 0.2) is 11.4 Å². The predicted octanol–water partition coefficient (Wildman–Crippen LogP) is 3.98. The van der Waals surface area contributed by atoms with Crippen LogP contribution in [0.4, 0.5) is 28.8 Å². The zero-order valence-electron chi connectivity index (χ0n) is 22.0. The van der Waals surface area contributed by atoms with Crippen molar-refractivity contribution >= 4 is 45.8 Å². The highest BCUT2D eigenvalue weighted by Crippen LogP contribution is 2.42. The molecule has 1 atom stereocenters. The molecular weight excluding hydrogens is 514 g/mol. The number of H-pyrrole nitrogens is 1. The van der Waals surface area contributed by atoms with Crippen LogP contribution in [0.1, 0.15) is 32.3 Å². The van der Waals surface area contributed by atoms with Crippen molar-refractivity contribution in [1.82, 2.24) is 15.0 Å². The molecule has 204 valence electrons. The van der Waals surface area contributed by atoms with Crippen LogP contribution >= 0.6 is 0 Å². The van der Waals surface area contributed by atoms with E-state index in [4.69, 9.17) is 18.9 Å². The highest BCUT2D eigenvalue weighted by Gasteiger charge is 2.41. The number of amides is 1. The van der Waals surface area contributed by atoms with Crippen LogP contribution in [-0.2, 0) is 9.53 Å². The van der Waals surface area contributed by atoms with E-state index in [9.17, 15) is 14.9 Å².